The molecule has 2 aliphatic rings. The standard InChI is InChI=1S/C18H22N6O3/c1-10(2)24-14-12(9-19-24)8-13(11(3)20-14)15(25)23-6-4-18(5-7-23)16(26)21-17(27)22-18/h8-10H,4-7H2,1-3H3,(H2,21,22,26,27). The Balaban J connectivity index is 1.56. The van der Waals surface area contributed by atoms with Gasteiger partial charge in [-0.3, -0.25) is 14.9 Å². The van der Waals surface area contributed by atoms with Crippen LogP contribution in [0.5, 0.6) is 0 Å². The topological polar surface area (TPSA) is 109 Å². The molecule has 0 atom stereocenters. The van der Waals surface area contributed by atoms with E-state index in [2.05, 4.69) is 20.7 Å². The quantitative estimate of drug-likeness (QED) is 0.771. The molecule has 2 aromatic heterocycles. The number of amides is 4. The first-order valence-electron chi connectivity index (χ1n) is 9.08. The van der Waals surface area contributed by atoms with Crippen LogP contribution >= 0.6 is 0 Å². The molecule has 27 heavy (non-hydrogen) atoms. The number of aromatic nitrogens is 3. The van der Waals surface area contributed by atoms with Crippen molar-refractivity contribution in [3.05, 3.63) is 23.5 Å². The van der Waals surface area contributed by atoms with Crippen molar-refractivity contribution in [1.82, 2.24) is 30.3 Å². The normalized spacial score (nSPS) is 19.0. The number of fused-ring (bicyclic) bond motifs is 1. The average molecular weight is 370 g/mol. The van der Waals surface area contributed by atoms with Crippen molar-refractivity contribution < 1.29 is 14.4 Å². The molecule has 0 aliphatic carbocycles. The molecule has 4 heterocycles. The van der Waals surface area contributed by atoms with Crippen molar-refractivity contribution in [2.45, 2.75) is 45.2 Å². The highest BCUT2D eigenvalue weighted by molar-refractivity contribution is 6.07. The van der Waals surface area contributed by atoms with Crippen molar-refractivity contribution in [1.29, 1.82) is 0 Å². The number of carbonyl (C=O) groups excluding carboxylic acids is 3. The van der Waals surface area contributed by atoms with Gasteiger partial charge in [0.15, 0.2) is 5.65 Å². The van der Waals surface area contributed by atoms with Gasteiger partial charge in [-0.15, -0.1) is 0 Å². The largest absolute Gasteiger partial charge is 0.338 e. The van der Waals surface area contributed by atoms with Gasteiger partial charge in [0.25, 0.3) is 11.8 Å². The Kier molecular flexibility index (Phi) is 3.90. The second kappa shape index (κ2) is 6.04. The van der Waals surface area contributed by atoms with Crippen molar-refractivity contribution in [2.24, 2.45) is 0 Å². The third-order valence-electron chi connectivity index (χ3n) is 5.40. The molecule has 2 fully saturated rings. The van der Waals surface area contributed by atoms with E-state index < -0.39 is 11.6 Å². The molecule has 4 amide bonds. The van der Waals surface area contributed by atoms with Gasteiger partial charge in [0.2, 0.25) is 0 Å². The van der Waals surface area contributed by atoms with Gasteiger partial charge in [0.05, 0.1) is 17.5 Å². The Morgan fingerprint density at radius 3 is 2.56 bits per heavy atom. The molecule has 0 saturated carbocycles. The minimum absolute atomic E-state index is 0.112. The van der Waals surface area contributed by atoms with Crippen LogP contribution in [-0.2, 0) is 4.79 Å². The van der Waals surface area contributed by atoms with Crippen LogP contribution in [0.3, 0.4) is 0 Å². The number of imide groups is 1. The van der Waals surface area contributed by atoms with Crippen molar-refractivity contribution in [3.8, 4) is 0 Å². The number of hydrogen-bond acceptors (Lipinski definition) is 5. The molecule has 1 spiro atoms. The molecule has 9 heteroatoms. The van der Waals surface area contributed by atoms with Crippen LogP contribution in [0.15, 0.2) is 12.3 Å². The number of urea groups is 1. The summed E-state index contributed by atoms with van der Waals surface area (Å²) in [6.07, 6.45) is 2.52. The Morgan fingerprint density at radius 2 is 1.96 bits per heavy atom. The molecule has 142 valence electrons. The lowest BCUT2D eigenvalue weighted by Gasteiger charge is -2.37. The summed E-state index contributed by atoms with van der Waals surface area (Å²) in [5.41, 5.74) is 1.08. The van der Waals surface area contributed by atoms with E-state index in [0.717, 1.165) is 11.0 Å². The molecular formula is C18H22N6O3. The summed E-state index contributed by atoms with van der Waals surface area (Å²) in [6.45, 7) is 6.68. The van der Waals surface area contributed by atoms with E-state index in [1.807, 2.05) is 31.5 Å². The van der Waals surface area contributed by atoms with Crippen LogP contribution in [0.25, 0.3) is 11.0 Å². The Morgan fingerprint density at radius 1 is 1.26 bits per heavy atom. The van der Waals surface area contributed by atoms with Gasteiger partial charge >= 0.3 is 6.03 Å². The summed E-state index contributed by atoms with van der Waals surface area (Å²) in [6, 6.07) is 1.55. The zero-order chi connectivity index (χ0) is 19.3. The monoisotopic (exact) mass is 370 g/mol. The Hall–Kier alpha value is -2.97. The first-order chi connectivity index (χ1) is 12.8. The van der Waals surface area contributed by atoms with Crippen molar-refractivity contribution in [3.63, 3.8) is 0 Å². The number of aryl methyl sites for hydroxylation is 1. The van der Waals surface area contributed by atoms with Crippen LogP contribution in [-0.4, -0.2) is 56.1 Å². The number of carbonyl (C=O) groups is 3. The molecule has 2 aliphatic heterocycles. The number of rotatable bonds is 2. The van der Waals surface area contributed by atoms with Crippen molar-refractivity contribution in [2.75, 3.05) is 13.1 Å². The SMILES string of the molecule is Cc1nc2c(cnn2C(C)C)cc1C(=O)N1CCC2(CC1)NC(=O)NC2=O. The van der Waals surface area contributed by atoms with Crippen LogP contribution in [0.2, 0.25) is 0 Å². The number of hydrogen-bond donors (Lipinski definition) is 2. The second-order valence-corrected chi connectivity index (χ2v) is 7.50. The predicted octanol–water partition coefficient (Wildman–Crippen LogP) is 1.13. The number of pyridine rings is 1. The average Bonchev–Trinajstić information content (AvgIpc) is 3.14. The molecule has 4 rings (SSSR count). The lowest BCUT2D eigenvalue weighted by Crippen LogP contribution is -2.55. The molecule has 2 saturated heterocycles. The zero-order valence-electron chi connectivity index (χ0n) is 15.6. The fourth-order valence-corrected chi connectivity index (χ4v) is 3.80. The highest BCUT2D eigenvalue weighted by Gasteiger charge is 2.48. The number of likely N-dealkylation sites (tertiary alicyclic amines) is 1. The highest BCUT2D eigenvalue weighted by Crippen LogP contribution is 2.27. The summed E-state index contributed by atoms with van der Waals surface area (Å²) in [5.74, 6) is -0.418. The van der Waals surface area contributed by atoms with Crippen LogP contribution < -0.4 is 10.6 Å². The molecule has 0 unspecified atom stereocenters. The first kappa shape index (κ1) is 17.4. The maximum atomic E-state index is 13.0. The van der Waals surface area contributed by atoms with Gasteiger partial charge in [-0.1, -0.05) is 0 Å². The van der Waals surface area contributed by atoms with E-state index in [-0.39, 0.29) is 17.9 Å². The zero-order valence-corrected chi connectivity index (χ0v) is 15.6. The second-order valence-electron chi connectivity index (χ2n) is 7.50. The number of nitrogens with one attached hydrogen (secondary N) is 2. The maximum absolute atomic E-state index is 13.0. The van der Waals surface area contributed by atoms with Gasteiger partial charge in [-0.05, 0) is 39.7 Å². The third-order valence-corrected chi connectivity index (χ3v) is 5.40. The Bertz CT molecular complexity index is 955. The maximum Gasteiger partial charge on any atom is 0.322 e. The molecule has 9 nitrogen and oxygen atoms in total. The first-order valence-corrected chi connectivity index (χ1v) is 9.08. The third kappa shape index (κ3) is 2.73. The minimum atomic E-state index is -0.885. The van der Waals surface area contributed by atoms with E-state index in [1.54, 1.807) is 11.1 Å². The summed E-state index contributed by atoms with van der Waals surface area (Å²) < 4.78 is 1.84. The molecule has 0 bridgehead atoms. The predicted molar refractivity (Wildman–Crippen MR) is 97.2 cm³/mol. The van der Waals surface area contributed by atoms with Gasteiger partial charge in [-0.25, -0.2) is 14.5 Å². The van der Waals surface area contributed by atoms with E-state index in [4.69, 9.17) is 0 Å². The number of piperidine rings is 1. The molecule has 2 aromatic rings. The van der Waals surface area contributed by atoms with E-state index >= 15 is 0 Å². The van der Waals surface area contributed by atoms with Gasteiger partial charge in [0.1, 0.15) is 5.54 Å². The van der Waals surface area contributed by atoms with E-state index in [0.29, 0.717) is 37.2 Å². The summed E-state index contributed by atoms with van der Waals surface area (Å²) >= 11 is 0. The smallest absolute Gasteiger partial charge is 0.322 e. The van der Waals surface area contributed by atoms with E-state index in [9.17, 15) is 14.4 Å². The Labute approximate surface area is 156 Å². The highest BCUT2D eigenvalue weighted by atomic mass is 16.2. The lowest BCUT2D eigenvalue weighted by molar-refractivity contribution is -0.125. The van der Waals surface area contributed by atoms with Crippen molar-refractivity contribution >= 4 is 28.9 Å². The van der Waals surface area contributed by atoms with E-state index in [1.165, 1.54) is 0 Å². The molecule has 0 aromatic carbocycles. The molecule has 0 radical (unpaired) electrons. The van der Waals surface area contributed by atoms with Crippen LogP contribution in [0.1, 0.15) is 48.8 Å². The van der Waals surface area contributed by atoms with Gasteiger partial charge < -0.3 is 10.2 Å². The van der Waals surface area contributed by atoms with Gasteiger partial charge in [-0.2, -0.15) is 5.10 Å². The summed E-state index contributed by atoms with van der Waals surface area (Å²) in [7, 11) is 0. The molecule has 2 N–H and O–H groups in total. The number of nitrogens with zero attached hydrogens (tertiary/aromatic N) is 4. The fraction of sp³-hybridized carbons (Fsp3) is 0.500. The molecular weight excluding hydrogens is 348 g/mol. The van der Waals surface area contributed by atoms with Gasteiger partial charge in [0, 0.05) is 24.5 Å². The summed E-state index contributed by atoms with van der Waals surface area (Å²) in [4.78, 5) is 42.8. The van der Waals surface area contributed by atoms with Crippen LogP contribution in [0.4, 0.5) is 4.79 Å². The fourth-order valence-electron chi connectivity index (χ4n) is 3.80. The lowest BCUT2D eigenvalue weighted by atomic mass is 9.87. The minimum Gasteiger partial charge on any atom is -0.338 e. The summed E-state index contributed by atoms with van der Waals surface area (Å²) in [5, 5.41) is 10.2. The van der Waals surface area contributed by atoms with Crippen LogP contribution in [0, 0.1) is 6.92 Å².